The van der Waals surface area contributed by atoms with Gasteiger partial charge in [0.05, 0.1) is 17.5 Å². The summed E-state index contributed by atoms with van der Waals surface area (Å²) >= 11 is 0. The van der Waals surface area contributed by atoms with E-state index >= 15 is 0 Å². The second-order valence-corrected chi connectivity index (χ2v) is 8.75. The first-order chi connectivity index (χ1) is 15.4. The molecule has 166 valence electrons. The van der Waals surface area contributed by atoms with E-state index in [2.05, 4.69) is 16.6 Å². The van der Waals surface area contributed by atoms with E-state index < -0.39 is 16.1 Å². The zero-order chi connectivity index (χ0) is 23.0. The Bertz CT molecular complexity index is 1160. The van der Waals surface area contributed by atoms with Crippen molar-refractivity contribution in [2.75, 3.05) is 13.2 Å². The van der Waals surface area contributed by atoms with Crippen LogP contribution in [0.5, 0.6) is 5.75 Å². The average Bonchev–Trinajstić information content (AvgIpc) is 2.82. The molecule has 0 spiro atoms. The van der Waals surface area contributed by atoms with E-state index in [1.54, 1.807) is 12.1 Å². The van der Waals surface area contributed by atoms with Crippen LogP contribution in [0.15, 0.2) is 96.4 Å². The lowest BCUT2D eigenvalue weighted by molar-refractivity contribution is 0.0942. The average molecular weight is 451 g/mol. The number of hydrogen-bond acceptors (Lipinski definition) is 4. The van der Waals surface area contributed by atoms with E-state index in [1.165, 1.54) is 18.2 Å². The predicted molar refractivity (Wildman–Crippen MR) is 125 cm³/mol. The molecule has 1 atom stereocenters. The number of carbonyl (C=O) groups excluding carboxylic acids is 1. The summed E-state index contributed by atoms with van der Waals surface area (Å²) in [5.41, 5.74) is 2.03. The van der Waals surface area contributed by atoms with Crippen LogP contribution in [0.1, 0.15) is 34.5 Å². The summed E-state index contributed by atoms with van der Waals surface area (Å²) in [5, 5.41) is 3.03. The molecule has 3 aromatic rings. The van der Waals surface area contributed by atoms with Gasteiger partial charge in [-0.15, -0.1) is 6.58 Å². The number of sulfonamides is 1. The number of hydrogen-bond donors (Lipinski definition) is 2. The quantitative estimate of drug-likeness (QED) is 0.456. The Balaban J connectivity index is 1.89. The van der Waals surface area contributed by atoms with Crippen molar-refractivity contribution in [2.24, 2.45) is 0 Å². The van der Waals surface area contributed by atoms with Crippen molar-refractivity contribution >= 4 is 15.9 Å². The summed E-state index contributed by atoms with van der Waals surface area (Å²) < 4.78 is 32.8. The van der Waals surface area contributed by atoms with Crippen molar-refractivity contribution in [3.63, 3.8) is 0 Å². The van der Waals surface area contributed by atoms with E-state index in [1.807, 2.05) is 61.5 Å². The summed E-state index contributed by atoms with van der Waals surface area (Å²) in [7, 11) is -3.74. The molecule has 32 heavy (non-hydrogen) atoms. The number of nitrogens with one attached hydrogen (secondary N) is 2. The molecule has 7 heteroatoms. The van der Waals surface area contributed by atoms with Gasteiger partial charge in [-0.25, -0.2) is 13.1 Å². The summed E-state index contributed by atoms with van der Waals surface area (Å²) in [5.74, 6) is 0.368. The zero-order valence-corrected chi connectivity index (χ0v) is 18.6. The van der Waals surface area contributed by atoms with Crippen LogP contribution in [0.4, 0.5) is 0 Å². The Hall–Kier alpha value is -3.42. The van der Waals surface area contributed by atoms with Crippen LogP contribution < -0.4 is 14.8 Å². The number of ether oxygens (including phenoxy) is 1. The fourth-order valence-corrected chi connectivity index (χ4v) is 4.24. The Kier molecular flexibility index (Phi) is 7.81. The van der Waals surface area contributed by atoms with Crippen molar-refractivity contribution in [1.29, 1.82) is 0 Å². The molecule has 0 aliphatic heterocycles. The Morgan fingerprint density at radius 3 is 2.34 bits per heavy atom. The molecule has 0 fully saturated rings. The molecule has 3 aromatic carbocycles. The van der Waals surface area contributed by atoms with Crippen LogP contribution in [0.2, 0.25) is 0 Å². The van der Waals surface area contributed by atoms with Gasteiger partial charge in [0.1, 0.15) is 5.75 Å². The molecular weight excluding hydrogens is 424 g/mol. The molecule has 0 radical (unpaired) electrons. The van der Waals surface area contributed by atoms with Gasteiger partial charge in [-0.3, -0.25) is 4.79 Å². The van der Waals surface area contributed by atoms with Crippen LogP contribution in [0.25, 0.3) is 0 Å². The minimum Gasteiger partial charge on any atom is -0.494 e. The first-order valence-electron chi connectivity index (χ1n) is 10.2. The minimum absolute atomic E-state index is 0.0179. The highest BCUT2D eigenvalue weighted by Gasteiger charge is 2.20. The first kappa shape index (κ1) is 23.2. The van der Waals surface area contributed by atoms with Crippen molar-refractivity contribution in [3.05, 3.63) is 108 Å². The van der Waals surface area contributed by atoms with E-state index in [0.29, 0.717) is 6.61 Å². The molecular formula is C25H26N2O4S. The smallest absolute Gasteiger partial charge is 0.252 e. The van der Waals surface area contributed by atoms with Gasteiger partial charge < -0.3 is 10.1 Å². The van der Waals surface area contributed by atoms with Gasteiger partial charge >= 0.3 is 0 Å². The topological polar surface area (TPSA) is 84.5 Å². The van der Waals surface area contributed by atoms with E-state index in [4.69, 9.17) is 4.74 Å². The van der Waals surface area contributed by atoms with Gasteiger partial charge in [-0.05, 0) is 48.4 Å². The summed E-state index contributed by atoms with van der Waals surface area (Å²) in [4.78, 5) is 13.1. The van der Waals surface area contributed by atoms with Crippen molar-refractivity contribution in [2.45, 2.75) is 17.9 Å². The van der Waals surface area contributed by atoms with Crippen LogP contribution in [-0.4, -0.2) is 27.5 Å². The molecule has 0 aromatic heterocycles. The number of rotatable bonds is 10. The van der Waals surface area contributed by atoms with Crippen molar-refractivity contribution < 1.29 is 17.9 Å². The lowest BCUT2D eigenvalue weighted by Gasteiger charge is -2.20. The van der Waals surface area contributed by atoms with E-state index in [0.717, 1.165) is 16.9 Å². The summed E-state index contributed by atoms with van der Waals surface area (Å²) in [6, 6.07) is 22.6. The van der Waals surface area contributed by atoms with Crippen LogP contribution in [-0.2, 0) is 10.0 Å². The monoisotopic (exact) mass is 450 g/mol. The highest BCUT2D eigenvalue weighted by Crippen LogP contribution is 2.25. The molecule has 0 saturated carbocycles. The zero-order valence-electron chi connectivity index (χ0n) is 17.8. The van der Waals surface area contributed by atoms with Gasteiger partial charge in [0.15, 0.2) is 0 Å². The van der Waals surface area contributed by atoms with Gasteiger partial charge in [-0.2, -0.15) is 0 Å². The van der Waals surface area contributed by atoms with Crippen LogP contribution in [0.3, 0.4) is 0 Å². The molecule has 1 unspecified atom stereocenters. The van der Waals surface area contributed by atoms with E-state index in [9.17, 15) is 13.2 Å². The third-order valence-corrected chi connectivity index (χ3v) is 6.18. The second-order valence-electron chi connectivity index (χ2n) is 6.99. The Morgan fingerprint density at radius 1 is 1.00 bits per heavy atom. The van der Waals surface area contributed by atoms with Crippen molar-refractivity contribution in [1.82, 2.24) is 10.0 Å². The SMILES string of the molecule is C=CCNS(=O)(=O)c1cccc(C(=O)NC(c2ccccc2)c2ccc(OCC)cc2)c1. The molecule has 0 aliphatic rings. The standard InChI is InChI=1S/C25H26N2O4S/c1-3-17-26-32(29,30)23-12-8-11-21(18-23)25(28)27-24(19-9-6-5-7-10-19)20-13-15-22(16-14-20)31-4-2/h3,5-16,18,24,26H,1,4,17H2,2H3,(H,27,28). The van der Waals surface area contributed by atoms with Crippen molar-refractivity contribution in [3.8, 4) is 5.75 Å². The van der Waals surface area contributed by atoms with Gasteiger partial charge in [0.2, 0.25) is 10.0 Å². The second kappa shape index (κ2) is 10.7. The molecule has 0 heterocycles. The largest absolute Gasteiger partial charge is 0.494 e. The molecule has 0 saturated heterocycles. The first-order valence-corrected chi connectivity index (χ1v) is 11.7. The molecule has 2 N–H and O–H groups in total. The predicted octanol–water partition coefficient (Wildman–Crippen LogP) is 4.07. The normalized spacial score (nSPS) is 12.0. The molecule has 0 aliphatic carbocycles. The van der Waals surface area contributed by atoms with Crippen LogP contribution in [0, 0.1) is 0 Å². The molecule has 6 nitrogen and oxygen atoms in total. The summed E-state index contributed by atoms with van der Waals surface area (Å²) in [6.07, 6.45) is 1.45. The molecule has 1 amide bonds. The fraction of sp³-hybridized carbons (Fsp3) is 0.160. The minimum atomic E-state index is -3.74. The third-order valence-electron chi connectivity index (χ3n) is 4.76. The third kappa shape index (κ3) is 5.84. The highest BCUT2D eigenvalue weighted by atomic mass is 32.2. The van der Waals surface area contributed by atoms with E-state index in [-0.39, 0.29) is 22.9 Å². The fourth-order valence-electron chi connectivity index (χ4n) is 3.20. The lowest BCUT2D eigenvalue weighted by Crippen LogP contribution is -2.30. The maximum Gasteiger partial charge on any atom is 0.252 e. The maximum atomic E-state index is 13.1. The number of amides is 1. The Labute approximate surface area is 189 Å². The number of carbonyl (C=O) groups is 1. The van der Waals surface area contributed by atoms with Gasteiger partial charge in [-0.1, -0.05) is 54.6 Å². The van der Waals surface area contributed by atoms with Gasteiger partial charge in [0, 0.05) is 12.1 Å². The number of benzene rings is 3. The highest BCUT2D eigenvalue weighted by molar-refractivity contribution is 7.89. The lowest BCUT2D eigenvalue weighted by atomic mass is 9.98. The van der Waals surface area contributed by atoms with Crippen LogP contribution >= 0.6 is 0 Å². The summed E-state index contributed by atoms with van der Waals surface area (Å²) in [6.45, 7) is 6.10. The molecule has 0 bridgehead atoms. The molecule has 3 rings (SSSR count). The van der Waals surface area contributed by atoms with Gasteiger partial charge in [0.25, 0.3) is 5.91 Å². The maximum absolute atomic E-state index is 13.1. The Morgan fingerprint density at radius 2 is 1.69 bits per heavy atom.